The van der Waals surface area contributed by atoms with Crippen LogP contribution >= 0.6 is 24.0 Å². The molecule has 0 aliphatic carbocycles. The maximum atomic E-state index is 10.7. The fourth-order valence-electron chi connectivity index (χ4n) is 1.77. The summed E-state index contributed by atoms with van der Waals surface area (Å²) in [4.78, 5) is 14.4. The minimum atomic E-state index is -0.388. The molecule has 0 aliphatic heterocycles. The monoisotopic (exact) mass is 406 g/mol. The second-order valence-corrected chi connectivity index (χ2v) is 4.49. The van der Waals surface area contributed by atoms with E-state index >= 15 is 0 Å². The Hall–Kier alpha value is -1.38. The lowest BCUT2D eigenvalue weighted by Crippen LogP contribution is -2.37. The molecule has 6 nitrogen and oxygen atoms in total. The number of nitrogens with zero attached hydrogens (tertiary/aromatic N) is 2. The summed E-state index contributed by atoms with van der Waals surface area (Å²) in [6, 6.07) is 6.59. The Morgan fingerprint density at radius 1 is 1.33 bits per heavy atom. The molecule has 0 bridgehead atoms. The van der Waals surface area contributed by atoms with Gasteiger partial charge in [-0.1, -0.05) is 31.9 Å². The van der Waals surface area contributed by atoms with Gasteiger partial charge in [-0.3, -0.25) is 15.1 Å². The number of nitro groups is 1. The van der Waals surface area contributed by atoms with E-state index in [9.17, 15) is 10.1 Å². The van der Waals surface area contributed by atoms with Gasteiger partial charge >= 0.3 is 0 Å². The summed E-state index contributed by atoms with van der Waals surface area (Å²) in [7, 11) is 1.71. The fourth-order valence-corrected chi connectivity index (χ4v) is 1.77. The van der Waals surface area contributed by atoms with Gasteiger partial charge in [0.25, 0.3) is 5.69 Å². The van der Waals surface area contributed by atoms with Crippen molar-refractivity contribution in [3.05, 3.63) is 39.9 Å². The minimum Gasteiger partial charge on any atom is -0.356 e. The van der Waals surface area contributed by atoms with Crippen LogP contribution in [0.25, 0.3) is 0 Å². The van der Waals surface area contributed by atoms with Crippen LogP contribution in [-0.2, 0) is 6.54 Å². The Labute approximate surface area is 142 Å². The summed E-state index contributed by atoms with van der Waals surface area (Å²) in [6.45, 7) is 3.55. The summed E-state index contributed by atoms with van der Waals surface area (Å²) >= 11 is 0. The van der Waals surface area contributed by atoms with E-state index in [1.807, 2.05) is 6.07 Å². The van der Waals surface area contributed by atoms with Crippen LogP contribution in [-0.4, -0.2) is 24.5 Å². The normalized spacial score (nSPS) is 10.7. The first-order valence-electron chi connectivity index (χ1n) is 6.85. The van der Waals surface area contributed by atoms with Crippen molar-refractivity contribution in [1.82, 2.24) is 10.6 Å². The second-order valence-electron chi connectivity index (χ2n) is 4.49. The molecule has 1 rings (SSSR count). The van der Waals surface area contributed by atoms with Gasteiger partial charge in [-0.25, -0.2) is 0 Å². The predicted molar refractivity (Wildman–Crippen MR) is 96.2 cm³/mol. The quantitative estimate of drug-likeness (QED) is 0.182. The lowest BCUT2D eigenvalue weighted by molar-refractivity contribution is -0.384. The summed E-state index contributed by atoms with van der Waals surface area (Å²) in [6.07, 6.45) is 3.48. The molecule has 0 amide bonds. The molecular weight excluding hydrogens is 383 g/mol. The highest BCUT2D eigenvalue weighted by atomic mass is 127. The number of unbranched alkanes of at least 4 members (excludes halogenated alkanes) is 2. The topological polar surface area (TPSA) is 79.6 Å². The zero-order chi connectivity index (χ0) is 14.8. The zero-order valence-electron chi connectivity index (χ0n) is 12.5. The predicted octanol–water partition coefficient (Wildman–Crippen LogP) is 3.07. The molecule has 0 aromatic heterocycles. The molecule has 0 radical (unpaired) electrons. The molecule has 0 saturated carbocycles. The second kappa shape index (κ2) is 11.3. The number of hydrogen-bond acceptors (Lipinski definition) is 3. The largest absolute Gasteiger partial charge is 0.356 e. The van der Waals surface area contributed by atoms with Gasteiger partial charge in [-0.2, -0.15) is 0 Å². The molecule has 0 unspecified atom stereocenters. The summed E-state index contributed by atoms with van der Waals surface area (Å²) in [5.74, 6) is 0.715. The van der Waals surface area contributed by atoms with Gasteiger partial charge in [-0.05, 0) is 12.0 Å². The molecule has 1 aromatic carbocycles. The van der Waals surface area contributed by atoms with E-state index in [0.29, 0.717) is 12.5 Å². The maximum Gasteiger partial charge on any atom is 0.269 e. The summed E-state index contributed by atoms with van der Waals surface area (Å²) < 4.78 is 0. The number of hydrogen-bond donors (Lipinski definition) is 2. The van der Waals surface area contributed by atoms with Crippen LogP contribution in [0.3, 0.4) is 0 Å². The van der Waals surface area contributed by atoms with Crippen molar-refractivity contribution in [2.45, 2.75) is 32.7 Å². The number of nitrogens with one attached hydrogen (secondary N) is 2. The molecule has 0 fully saturated rings. The Bertz CT molecular complexity index is 466. The van der Waals surface area contributed by atoms with E-state index in [1.165, 1.54) is 18.9 Å². The van der Waals surface area contributed by atoms with Crippen molar-refractivity contribution in [2.24, 2.45) is 4.99 Å². The molecule has 0 spiro atoms. The van der Waals surface area contributed by atoms with E-state index in [0.717, 1.165) is 18.5 Å². The third-order valence-corrected chi connectivity index (χ3v) is 2.88. The van der Waals surface area contributed by atoms with Gasteiger partial charge < -0.3 is 10.6 Å². The van der Waals surface area contributed by atoms with Crippen LogP contribution in [0.15, 0.2) is 29.3 Å². The first-order chi connectivity index (χ1) is 9.67. The van der Waals surface area contributed by atoms with E-state index in [2.05, 4.69) is 22.5 Å². The lowest BCUT2D eigenvalue weighted by Gasteiger charge is -2.11. The number of halogens is 1. The SMILES string of the molecule is CCCCCNC(=NC)NCc1cccc([N+](=O)[O-])c1.I. The van der Waals surface area contributed by atoms with Crippen molar-refractivity contribution in [3.63, 3.8) is 0 Å². The Kier molecular flexibility index (Phi) is 10.6. The molecule has 118 valence electrons. The molecule has 0 heterocycles. The number of aliphatic imine (C=N–C) groups is 1. The molecule has 0 aliphatic rings. The van der Waals surface area contributed by atoms with Crippen LogP contribution in [0, 0.1) is 10.1 Å². The molecule has 21 heavy (non-hydrogen) atoms. The Morgan fingerprint density at radius 2 is 2.10 bits per heavy atom. The molecular formula is C14H23IN4O2. The first-order valence-corrected chi connectivity index (χ1v) is 6.85. The Balaban J connectivity index is 0.00000400. The highest BCUT2D eigenvalue weighted by Gasteiger charge is 2.05. The lowest BCUT2D eigenvalue weighted by atomic mass is 10.2. The number of benzene rings is 1. The standard InChI is InChI=1S/C14H22N4O2.HI/c1-3-4-5-9-16-14(15-2)17-11-12-7-6-8-13(10-12)18(19)20;/h6-8,10H,3-5,9,11H2,1-2H3,(H2,15,16,17);1H. The number of rotatable bonds is 7. The molecule has 7 heteroatoms. The van der Waals surface area contributed by atoms with Crippen molar-refractivity contribution in [1.29, 1.82) is 0 Å². The average Bonchev–Trinajstić information content (AvgIpc) is 2.47. The van der Waals surface area contributed by atoms with E-state index in [-0.39, 0.29) is 34.6 Å². The zero-order valence-corrected chi connectivity index (χ0v) is 14.8. The summed E-state index contributed by atoms with van der Waals surface area (Å²) in [5, 5.41) is 17.1. The highest BCUT2D eigenvalue weighted by molar-refractivity contribution is 14.0. The number of non-ortho nitro benzene ring substituents is 1. The number of guanidine groups is 1. The van der Waals surface area contributed by atoms with Crippen LogP contribution in [0.2, 0.25) is 0 Å². The minimum absolute atomic E-state index is 0. The van der Waals surface area contributed by atoms with Gasteiger partial charge in [0.1, 0.15) is 0 Å². The van der Waals surface area contributed by atoms with E-state index in [1.54, 1.807) is 19.2 Å². The first kappa shape index (κ1) is 19.6. The fraction of sp³-hybridized carbons (Fsp3) is 0.500. The van der Waals surface area contributed by atoms with Gasteiger partial charge in [0.15, 0.2) is 5.96 Å². The summed E-state index contributed by atoms with van der Waals surface area (Å²) in [5.41, 5.74) is 0.964. The average molecular weight is 406 g/mol. The highest BCUT2D eigenvalue weighted by Crippen LogP contribution is 2.12. The van der Waals surface area contributed by atoms with Crippen molar-refractivity contribution in [3.8, 4) is 0 Å². The molecule has 2 N–H and O–H groups in total. The third-order valence-electron chi connectivity index (χ3n) is 2.88. The van der Waals surface area contributed by atoms with Crippen LogP contribution in [0.5, 0.6) is 0 Å². The third kappa shape index (κ3) is 7.84. The smallest absolute Gasteiger partial charge is 0.269 e. The van der Waals surface area contributed by atoms with Crippen molar-refractivity contribution in [2.75, 3.05) is 13.6 Å². The molecule has 1 aromatic rings. The van der Waals surface area contributed by atoms with Crippen molar-refractivity contribution >= 4 is 35.6 Å². The van der Waals surface area contributed by atoms with Crippen LogP contribution < -0.4 is 10.6 Å². The van der Waals surface area contributed by atoms with Gasteiger partial charge in [-0.15, -0.1) is 24.0 Å². The number of nitro benzene ring substituents is 1. The van der Waals surface area contributed by atoms with E-state index < -0.39 is 0 Å². The van der Waals surface area contributed by atoms with Crippen molar-refractivity contribution < 1.29 is 4.92 Å². The maximum absolute atomic E-state index is 10.7. The van der Waals surface area contributed by atoms with Gasteiger partial charge in [0.05, 0.1) is 4.92 Å². The Morgan fingerprint density at radius 3 is 2.71 bits per heavy atom. The van der Waals surface area contributed by atoms with Crippen LogP contribution in [0.4, 0.5) is 5.69 Å². The van der Waals surface area contributed by atoms with E-state index in [4.69, 9.17) is 0 Å². The molecule has 0 atom stereocenters. The molecule has 0 saturated heterocycles. The van der Waals surface area contributed by atoms with Gasteiger partial charge in [0, 0.05) is 32.3 Å². The van der Waals surface area contributed by atoms with Gasteiger partial charge in [0.2, 0.25) is 0 Å². The van der Waals surface area contributed by atoms with Crippen LogP contribution in [0.1, 0.15) is 31.7 Å².